The summed E-state index contributed by atoms with van der Waals surface area (Å²) in [5.74, 6) is 1.34. The predicted octanol–water partition coefficient (Wildman–Crippen LogP) is 3.23. The number of amides is 1. The highest BCUT2D eigenvalue weighted by Gasteiger charge is 2.16. The van der Waals surface area contributed by atoms with E-state index in [0.717, 1.165) is 21.2 Å². The van der Waals surface area contributed by atoms with Gasteiger partial charge >= 0.3 is 0 Å². The van der Waals surface area contributed by atoms with E-state index in [-0.39, 0.29) is 12.3 Å². The van der Waals surface area contributed by atoms with Gasteiger partial charge in [-0.25, -0.2) is 0 Å². The van der Waals surface area contributed by atoms with Crippen LogP contribution in [0, 0.1) is 0 Å². The Morgan fingerprint density at radius 1 is 1.12 bits per heavy atom. The monoisotopic (exact) mass is 405 g/mol. The molecular weight excluding hydrogens is 386 g/mol. The number of ether oxygens (including phenoxy) is 3. The van der Waals surface area contributed by atoms with E-state index in [1.807, 2.05) is 36.4 Å². The van der Waals surface area contributed by atoms with Gasteiger partial charge in [-0.1, -0.05) is 40.2 Å². The lowest BCUT2D eigenvalue weighted by molar-refractivity contribution is -0.120. The number of methoxy groups -OCH3 is 1. The first kappa shape index (κ1) is 17.8. The summed E-state index contributed by atoms with van der Waals surface area (Å²) in [6, 6.07) is 11.6. The number of carbonyl (C=O) groups is 1. The summed E-state index contributed by atoms with van der Waals surface area (Å²) in [6.07, 6.45) is 0.268. The van der Waals surface area contributed by atoms with E-state index in [0.29, 0.717) is 37.9 Å². The molecule has 0 spiro atoms. The number of carbonyl (C=O) groups excluding carboxylic acids is 1. The molecule has 0 saturated heterocycles. The van der Waals surface area contributed by atoms with Gasteiger partial charge in [0.15, 0.2) is 11.5 Å². The summed E-state index contributed by atoms with van der Waals surface area (Å²) in [4.78, 5) is 12.3. The predicted molar refractivity (Wildman–Crippen MR) is 97.8 cm³/mol. The van der Waals surface area contributed by atoms with Crippen LogP contribution in [0.4, 0.5) is 0 Å². The van der Waals surface area contributed by atoms with Crippen LogP contribution in [0.15, 0.2) is 40.9 Å². The van der Waals surface area contributed by atoms with E-state index < -0.39 is 0 Å². The van der Waals surface area contributed by atoms with Gasteiger partial charge in [0, 0.05) is 18.1 Å². The lowest BCUT2D eigenvalue weighted by Crippen LogP contribution is -2.25. The van der Waals surface area contributed by atoms with Gasteiger partial charge in [-0.05, 0) is 28.8 Å². The molecule has 2 aromatic carbocycles. The molecule has 1 aliphatic heterocycles. The third-order valence-corrected chi connectivity index (χ3v) is 4.69. The highest BCUT2D eigenvalue weighted by Crippen LogP contribution is 2.35. The topological polar surface area (TPSA) is 56.8 Å². The molecular formula is C19H20BrNO4. The maximum atomic E-state index is 12.3. The molecule has 0 bridgehead atoms. The highest BCUT2D eigenvalue weighted by atomic mass is 79.9. The fourth-order valence-electron chi connectivity index (χ4n) is 2.70. The van der Waals surface area contributed by atoms with Crippen molar-refractivity contribution in [3.05, 3.63) is 57.6 Å². The minimum absolute atomic E-state index is 0.0513. The molecule has 0 fully saturated rings. The Balaban J connectivity index is 1.63. The summed E-state index contributed by atoms with van der Waals surface area (Å²) in [5.41, 5.74) is 3.00. The van der Waals surface area contributed by atoms with Gasteiger partial charge < -0.3 is 19.5 Å². The molecule has 1 N–H and O–H groups in total. The molecule has 3 rings (SSSR count). The van der Waals surface area contributed by atoms with Crippen LogP contribution in [-0.4, -0.2) is 26.2 Å². The summed E-state index contributed by atoms with van der Waals surface area (Å²) in [7, 11) is 1.66. The number of hydrogen-bond acceptors (Lipinski definition) is 4. The second kappa shape index (κ2) is 8.36. The minimum atomic E-state index is -0.0513. The molecule has 0 unspecified atom stereocenters. The van der Waals surface area contributed by atoms with Crippen molar-refractivity contribution in [1.29, 1.82) is 0 Å². The number of benzene rings is 2. The Bertz CT molecular complexity index is 763. The van der Waals surface area contributed by atoms with Crippen LogP contribution in [0.3, 0.4) is 0 Å². The fraction of sp³-hybridized carbons (Fsp3) is 0.316. The molecule has 0 radical (unpaired) electrons. The third-order valence-electron chi connectivity index (χ3n) is 3.96. The zero-order valence-corrected chi connectivity index (χ0v) is 15.6. The maximum absolute atomic E-state index is 12.3. The van der Waals surface area contributed by atoms with Crippen molar-refractivity contribution < 1.29 is 19.0 Å². The van der Waals surface area contributed by atoms with Crippen molar-refractivity contribution in [2.45, 2.75) is 19.6 Å². The summed E-state index contributed by atoms with van der Waals surface area (Å²) in [5, 5.41) is 2.97. The quantitative estimate of drug-likeness (QED) is 0.801. The average Bonchev–Trinajstić information content (AvgIpc) is 2.62. The van der Waals surface area contributed by atoms with E-state index in [1.165, 1.54) is 0 Å². The Hall–Kier alpha value is -2.05. The number of hydrogen-bond donors (Lipinski definition) is 1. The molecule has 132 valence electrons. The molecule has 6 heteroatoms. The summed E-state index contributed by atoms with van der Waals surface area (Å²) < 4.78 is 17.2. The van der Waals surface area contributed by atoms with Crippen LogP contribution in [0.1, 0.15) is 16.7 Å². The fourth-order valence-corrected chi connectivity index (χ4v) is 3.16. The Morgan fingerprint density at radius 2 is 1.80 bits per heavy atom. The molecule has 0 saturated carbocycles. The van der Waals surface area contributed by atoms with Crippen molar-refractivity contribution >= 4 is 21.8 Å². The maximum Gasteiger partial charge on any atom is 0.224 e. The zero-order valence-electron chi connectivity index (χ0n) is 14.0. The smallest absolute Gasteiger partial charge is 0.224 e. The largest absolute Gasteiger partial charge is 0.486 e. The van der Waals surface area contributed by atoms with Gasteiger partial charge in [-0.2, -0.15) is 0 Å². The van der Waals surface area contributed by atoms with E-state index in [9.17, 15) is 4.79 Å². The van der Waals surface area contributed by atoms with Crippen molar-refractivity contribution in [3.8, 4) is 11.5 Å². The van der Waals surface area contributed by atoms with Gasteiger partial charge in [0.2, 0.25) is 5.91 Å². The van der Waals surface area contributed by atoms with Gasteiger partial charge in [-0.3, -0.25) is 4.79 Å². The second-order valence-electron chi connectivity index (χ2n) is 5.74. The van der Waals surface area contributed by atoms with Crippen LogP contribution in [0.25, 0.3) is 0 Å². The van der Waals surface area contributed by atoms with Gasteiger partial charge in [0.1, 0.15) is 13.2 Å². The van der Waals surface area contributed by atoms with Crippen molar-refractivity contribution in [3.63, 3.8) is 0 Å². The Labute approximate surface area is 155 Å². The third kappa shape index (κ3) is 4.52. The zero-order chi connectivity index (χ0) is 17.6. The van der Waals surface area contributed by atoms with E-state index in [4.69, 9.17) is 14.2 Å². The summed E-state index contributed by atoms with van der Waals surface area (Å²) in [6.45, 7) is 2.07. The second-order valence-corrected chi connectivity index (χ2v) is 6.60. The lowest BCUT2D eigenvalue weighted by Gasteiger charge is -2.20. The number of halogens is 1. The molecule has 25 heavy (non-hydrogen) atoms. The van der Waals surface area contributed by atoms with E-state index in [2.05, 4.69) is 21.2 Å². The van der Waals surface area contributed by atoms with Gasteiger partial charge in [0.25, 0.3) is 0 Å². The van der Waals surface area contributed by atoms with Crippen LogP contribution >= 0.6 is 15.9 Å². The first-order valence-electron chi connectivity index (χ1n) is 8.08. The van der Waals surface area contributed by atoms with Gasteiger partial charge in [-0.15, -0.1) is 0 Å². The van der Waals surface area contributed by atoms with Crippen LogP contribution in [0.5, 0.6) is 11.5 Å². The molecule has 5 nitrogen and oxygen atoms in total. The number of fused-ring (bicyclic) bond motifs is 1. The molecule has 0 aromatic heterocycles. The number of rotatable bonds is 6. The first-order chi connectivity index (χ1) is 12.2. The van der Waals surface area contributed by atoms with Gasteiger partial charge in [0.05, 0.1) is 13.0 Å². The van der Waals surface area contributed by atoms with E-state index >= 15 is 0 Å². The van der Waals surface area contributed by atoms with Crippen molar-refractivity contribution in [2.75, 3.05) is 20.3 Å². The van der Waals surface area contributed by atoms with Crippen LogP contribution in [-0.2, 0) is 29.1 Å². The Kier molecular flexibility index (Phi) is 5.94. The molecule has 2 aromatic rings. The lowest BCUT2D eigenvalue weighted by atomic mass is 10.1. The average molecular weight is 406 g/mol. The van der Waals surface area contributed by atoms with Crippen molar-refractivity contribution in [1.82, 2.24) is 5.32 Å². The first-order valence-corrected chi connectivity index (χ1v) is 8.87. The summed E-state index contributed by atoms with van der Waals surface area (Å²) >= 11 is 3.50. The highest BCUT2D eigenvalue weighted by molar-refractivity contribution is 9.10. The van der Waals surface area contributed by atoms with E-state index in [1.54, 1.807) is 7.11 Å². The molecule has 1 amide bonds. The van der Waals surface area contributed by atoms with Crippen LogP contribution in [0.2, 0.25) is 0 Å². The standard InChI is InChI=1S/C19H20BrNO4/c1-23-12-14-5-3-2-4-13(14)11-21-19(22)9-15-8-17-18(10-16(15)20)25-7-6-24-17/h2-5,8,10H,6-7,9,11-12H2,1H3,(H,21,22). The molecule has 0 aliphatic carbocycles. The molecule has 1 heterocycles. The Morgan fingerprint density at radius 3 is 2.52 bits per heavy atom. The minimum Gasteiger partial charge on any atom is -0.486 e. The number of nitrogens with one attached hydrogen (secondary N) is 1. The normalized spacial score (nSPS) is 12.7. The van der Waals surface area contributed by atoms with Crippen LogP contribution < -0.4 is 14.8 Å². The van der Waals surface area contributed by atoms with Crippen molar-refractivity contribution in [2.24, 2.45) is 0 Å². The SMILES string of the molecule is COCc1ccccc1CNC(=O)Cc1cc2c(cc1Br)OCCO2. The molecule has 0 atom stereocenters. The molecule has 1 aliphatic rings.